The normalized spacial score (nSPS) is 15.4. The third-order valence-corrected chi connectivity index (χ3v) is 7.76. The molecule has 0 spiro atoms. The number of hydrogen-bond donors (Lipinski definition) is 1. The molecule has 0 saturated carbocycles. The van der Waals surface area contributed by atoms with Gasteiger partial charge in [-0.1, -0.05) is 78.8 Å². The molecule has 40 heavy (non-hydrogen) atoms. The van der Waals surface area contributed by atoms with Crippen LogP contribution in [0.25, 0.3) is 16.3 Å². The van der Waals surface area contributed by atoms with Crippen molar-refractivity contribution in [3.05, 3.63) is 100 Å². The molecule has 0 radical (unpaired) electrons. The van der Waals surface area contributed by atoms with Gasteiger partial charge in [0.25, 0.3) is 5.91 Å². The van der Waals surface area contributed by atoms with Crippen LogP contribution in [0.5, 0.6) is 11.5 Å². The van der Waals surface area contributed by atoms with Crippen molar-refractivity contribution in [3.8, 4) is 11.5 Å². The molecule has 204 valence electrons. The molecule has 5 rings (SSSR count). The number of rotatable bonds is 10. The Morgan fingerprint density at radius 2 is 1.93 bits per heavy atom. The first-order chi connectivity index (χ1) is 19.4. The van der Waals surface area contributed by atoms with Gasteiger partial charge in [0.2, 0.25) is 0 Å². The summed E-state index contributed by atoms with van der Waals surface area (Å²) in [6, 6.07) is 18.9. The van der Waals surface area contributed by atoms with E-state index in [2.05, 4.69) is 11.9 Å². The maximum atomic E-state index is 13.6. The number of ether oxygens (including phenoxy) is 2. The number of fused-ring (bicyclic) bond motifs is 1. The van der Waals surface area contributed by atoms with Crippen molar-refractivity contribution >= 4 is 56.1 Å². The van der Waals surface area contributed by atoms with Crippen LogP contribution in [0.2, 0.25) is 5.02 Å². The Kier molecular flexibility index (Phi) is 8.19. The predicted molar refractivity (Wildman–Crippen MR) is 158 cm³/mol. The van der Waals surface area contributed by atoms with E-state index in [0.717, 1.165) is 23.1 Å². The molecule has 7 nitrogen and oxygen atoms in total. The van der Waals surface area contributed by atoms with Crippen LogP contribution < -0.4 is 14.4 Å². The van der Waals surface area contributed by atoms with Gasteiger partial charge >= 0.3 is 0 Å². The number of carbonyl (C=O) groups is 2. The highest BCUT2D eigenvalue weighted by atomic mass is 35.5. The fourth-order valence-corrected chi connectivity index (χ4v) is 5.75. The molecule has 1 aliphatic rings. The van der Waals surface area contributed by atoms with Gasteiger partial charge < -0.3 is 14.6 Å². The summed E-state index contributed by atoms with van der Waals surface area (Å²) in [5, 5.41) is 11.9. The lowest BCUT2D eigenvalue weighted by Crippen LogP contribution is -2.30. The molecule has 0 aliphatic carbocycles. The van der Waals surface area contributed by atoms with Crippen molar-refractivity contribution in [1.29, 1.82) is 0 Å². The zero-order valence-corrected chi connectivity index (χ0v) is 23.5. The smallest absolute Gasteiger partial charge is 0.296 e. The highest BCUT2D eigenvalue weighted by molar-refractivity contribution is 7.22. The summed E-state index contributed by atoms with van der Waals surface area (Å²) in [7, 11) is 1.53. The van der Waals surface area contributed by atoms with Crippen molar-refractivity contribution in [2.45, 2.75) is 25.8 Å². The number of methoxy groups -OCH3 is 1. The highest BCUT2D eigenvalue weighted by Crippen LogP contribution is 2.45. The zero-order chi connectivity index (χ0) is 28.2. The molecule has 1 unspecified atom stereocenters. The van der Waals surface area contributed by atoms with Gasteiger partial charge in [0.1, 0.15) is 0 Å². The van der Waals surface area contributed by atoms with Gasteiger partial charge in [-0.15, -0.1) is 0 Å². The number of hydrogen-bond acceptors (Lipinski definition) is 7. The van der Waals surface area contributed by atoms with Gasteiger partial charge in [-0.2, -0.15) is 0 Å². The Morgan fingerprint density at radius 1 is 1.12 bits per heavy atom. The van der Waals surface area contributed by atoms with Crippen LogP contribution in [-0.2, 0) is 9.59 Å². The number of unbranched alkanes of at least 4 members (excludes halogenated alkanes) is 1. The summed E-state index contributed by atoms with van der Waals surface area (Å²) in [6.45, 7) is 2.61. The number of halogens is 1. The first-order valence-electron chi connectivity index (χ1n) is 12.8. The number of allylic oxidation sites excluding steroid dienone is 1. The molecule has 2 heterocycles. The molecule has 9 heteroatoms. The molecule has 1 aromatic heterocycles. The summed E-state index contributed by atoms with van der Waals surface area (Å²) in [4.78, 5) is 33.1. The number of aliphatic hydroxyl groups excluding tert-OH is 1. The minimum atomic E-state index is -0.949. The summed E-state index contributed by atoms with van der Waals surface area (Å²) in [5.74, 6) is -0.819. The Morgan fingerprint density at radius 3 is 2.67 bits per heavy atom. The Bertz CT molecular complexity index is 1630. The van der Waals surface area contributed by atoms with Crippen molar-refractivity contribution in [2.75, 3.05) is 18.6 Å². The molecule has 0 bridgehead atoms. The minimum Gasteiger partial charge on any atom is -0.503 e. The number of aromatic nitrogens is 1. The second kappa shape index (κ2) is 11.9. The van der Waals surface area contributed by atoms with E-state index in [1.807, 2.05) is 30.3 Å². The van der Waals surface area contributed by atoms with Crippen LogP contribution in [0.15, 0.2) is 84.1 Å². The molecule has 1 amide bonds. The number of ketones is 1. The molecule has 1 N–H and O–H groups in total. The maximum Gasteiger partial charge on any atom is 0.296 e. The van der Waals surface area contributed by atoms with Gasteiger partial charge in [-0.25, -0.2) is 4.98 Å². The maximum absolute atomic E-state index is 13.6. The van der Waals surface area contributed by atoms with Crippen LogP contribution in [0.3, 0.4) is 0 Å². The molecule has 0 fully saturated rings. The average molecular weight is 575 g/mol. The third kappa shape index (κ3) is 5.46. The van der Waals surface area contributed by atoms with Crippen molar-refractivity contribution in [1.82, 2.24) is 4.98 Å². The predicted octanol–water partition coefficient (Wildman–Crippen LogP) is 7.32. The van der Waals surface area contributed by atoms with Gasteiger partial charge in [0.15, 0.2) is 28.2 Å². The molecule has 4 aromatic rings. The Hall–Kier alpha value is -4.14. The van der Waals surface area contributed by atoms with Crippen LogP contribution in [0, 0.1) is 0 Å². The topological polar surface area (TPSA) is 89.0 Å². The van der Waals surface area contributed by atoms with E-state index in [4.69, 9.17) is 21.1 Å². The van der Waals surface area contributed by atoms with Crippen LogP contribution in [0.1, 0.15) is 36.9 Å². The Labute approximate surface area is 240 Å². The lowest BCUT2D eigenvalue weighted by molar-refractivity contribution is -0.117. The van der Waals surface area contributed by atoms with E-state index in [9.17, 15) is 14.7 Å². The Balaban J connectivity index is 1.60. The number of thiazole rings is 1. The number of carbonyl (C=O) groups excluding carboxylic acids is 2. The van der Waals surface area contributed by atoms with Gasteiger partial charge in [-0.05, 0) is 54.0 Å². The monoisotopic (exact) mass is 574 g/mol. The van der Waals surface area contributed by atoms with Crippen LogP contribution >= 0.6 is 22.9 Å². The fraction of sp³-hybridized carbons (Fsp3) is 0.194. The number of aliphatic hydroxyl groups is 1. The zero-order valence-electron chi connectivity index (χ0n) is 22.0. The number of nitrogens with zero attached hydrogens (tertiary/aromatic N) is 2. The SMILES string of the molecule is CCCCOc1ccc(C2C(C(=O)C=Cc3ccccc3)=C(O)C(=O)N2c2nc3ccc(Cl)cc3s2)cc1OC. The van der Waals surface area contributed by atoms with Crippen molar-refractivity contribution in [3.63, 3.8) is 0 Å². The largest absolute Gasteiger partial charge is 0.503 e. The van der Waals surface area contributed by atoms with E-state index in [0.29, 0.717) is 39.3 Å². The van der Waals surface area contributed by atoms with Crippen LogP contribution in [0.4, 0.5) is 5.13 Å². The van der Waals surface area contributed by atoms with E-state index in [-0.39, 0.29) is 5.57 Å². The number of amides is 1. The van der Waals surface area contributed by atoms with E-state index in [1.165, 1.54) is 29.4 Å². The molecule has 1 atom stereocenters. The first-order valence-corrected chi connectivity index (χ1v) is 14.0. The second-order valence-corrected chi connectivity index (χ2v) is 10.6. The lowest BCUT2D eigenvalue weighted by Gasteiger charge is -2.25. The summed E-state index contributed by atoms with van der Waals surface area (Å²) >= 11 is 7.43. The van der Waals surface area contributed by atoms with Gasteiger partial charge in [-0.3, -0.25) is 14.5 Å². The number of benzene rings is 3. The molecule has 1 aliphatic heterocycles. The van der Waals surface area contributed by atoms with Crippen LogP contribution in [-0.4, -0.2) is 35.5 Å². The third-order valence-electron chi connectivity index (χ3n) is 6.50. The van der Waals surface area contributed by atoms with Gasteiger partial charge in [0.05, 0.1) is 35.5 Å². The van der Waals surface area contributed by atoms with Crippen molar-refractivity contribution < 1.29 is 24.2 Å². The fourth-order valence-electron chi connectivity index (χ4n) is 4.48. The molecular weight excluding hydrogens is 548 g/mol. The standard InChI is InChI=1S/C31H27ClN2O5S/c1-3-4-16-39-24-15-11-20(17-25(24)38-2)28-27(23(35)14-10-19-8-6-5-7-9-19)29(36)30(37)34(28)31-33-22-13-12-21(32)18-26(22)40-31/h5-15,17-18,28,36H,3-4,16H2,1-2H3. The molecule has 3 aromatic carbocycles. The van der Waals surface area contributed by atoms with E-state index < -0.39 is 23.5 Å². The summed E-state index contributed by atoms with van der Waals surface area (Å²) in [5.41, 5.74) is 1.98. The highest BCUT2D eigenvalue weighted by Gasteiger charge is 2.45. The average Bonchev–Trinajstić information content (AvgIpc) is 3.50. The van der Waals surface area contributed by atoms with E-state index in [1.54, 1.807) is 42.5 Å². The summed E-state index contributed by atoms with van der Waals surface area (Å²) < 4.78 is 12.3. The quantitative estimate of drug-likeness (QED) is 0.158. The van der Waals surface area contributed by atoms with Crippen molar-refractivity contribution in [2.24, 2.45) is 0 Å². The van der Waals surface area contributed by atoms with Gasteiger partial charge in [0, 0.05) is 5.02 Å². The van der Waals surface area contributed by atoms with E-state index >= 15 is 0 Å². The number of anilines is 1. The molecule has 0 saturated heterocycles. The second-order valence-electron chi connectivity index (χ2n) is 9.17. The summed E-state index contributed by atoms with van der Waals surface area (Å²) in [6.07, 6.45) is 4.89. The molecular formula is C31H27ClN2O5S. The lowest BCUT2D eigenvalue weighted by atomic mass is 9.95. The minimum absolute atomic E-state index is 0.0452. The first kappa shape index (κ1) is 27.4.